The van der Waals surface area contributed by atoms with Gasteiger partial charge in [-0.15, -0.1) is 0 Å². The van der Waals surface area contributed by atoms with Crippen molar-refractivity contribution in [1.29, 1.82) is 0 Å². The molecule has 0 spiro atoms. The maximum absolute atomic E-state index is 8.53. The van der Waals surface area contributed by atoms with E-state index in [1.165, 1.54) is 0 Å². The van der Waals surface area contributed by atoms with Crippen molar-refractivity contribution in [2.24, 2.45) is 0 Å². The fraction of sp³-hybridized carbons (Fsp3) is 0. The van der Waals surface area contributed by atoms with Gasteiger partial charge in [0.05, 0.1) is 0 Å². The summed E-state index contributed by atoms with van der Waals surface area (Å²) in [5.41, 5.74) is 0. The van der Waals surface area contributed by atoms with Gasteiger partial charge in [0.1, 0.15) is 0 Å². The first-order chi connectivity index (χ1) is 2.83. The molecular formula is H2Ge2KO4Rb. The van der Waals surface area contributed by atoms with E-state index in [9.17, 15) is 0 Å². The van der Waals surface area contributed by atoms with E-state index >= 15 is 0 Å². The second-order valence-electron chi connectivity index (χ2n) is 0.192. The Morgan fingerprint density at radius 2 is 1.00 bits per heavy atom. The average molecular weight is 336 g/mol. The molecule has 0 aromatic carbocycles. The van der Waals surface area contributed by atoms with Crippen molar-refractivity contribution in [3.8, 4) is 0 Å². The zero-order valence-electron chi connectivity index (χ0n) is 4.79. The molecule has 0 saturated heterocycles. The molecule has 8 heavy (non-hydrogen) atoms. The molecule has 0 amide bonds. The maximum Gasteiger partial charge on any atom is 1.00 e. The molecule has 0 saturated carbocycles. The van der Waals surface area contributed by atoms with Crippen LogP contribution in [-0.4, -0.2) is 31.4 Å². The first kappa shape index (κ1) is 22.6. The summed E-state index contributed by atoms with van der Waals surface area (Å²) in [6.45, 7) is 0. The molecule has 0 aromatic rings. The molecule has 0 aliphatic carbocycles. The topological polar surface area (TPSA) is 80.3 Å². The quantitative estimate of drug-likeness (QED) is 0.412. The first-order valence-electron chi connectivity index (χ1n) is 0.943. The van der Waals surface area contributed by atoms with Crippen LogP contribution in [0.5, 0.6) is 0 Å². The van der Waals surface area contributed by atoms with Gasteiger partial charge in [0, 0.05) is 0 Å². The van der Waals surface area contributed by atoms with Crippen LogP contribution in [0.3, 0.4) is 0 Å². The van der Waals surface area contributed by atoms with Crippen molar-refractivity contribution in [2.45, 2.75) is 0 Å². The molecule has 0 radical (unpaired) electrons. The Labute approximate surface area is 152 Å². The Morgan fingerprint density at radius 3 is 1.00 bits per heavy atom. The Balaban J connectivity index is -0.0000000160. The fourth-order valence-electron chi connectivity index (χ4n) is 0. The Bertz CT molecular complexity index is 35.0. The van der Waals surface area contributed by atoms with Gasteiger partial charge in [-0.3, -0.25) is 0 Å². The summed E-state index contributed by atoms with van der Waals surface area (Å²) >= 11 is -4.38. The summed E-state index contributed by atoms with van der Waals surface area (Å²) in [6.07, 6.45) is 0. The van der Waals surface area contributed by atoms with Crippen LogP contribution in [-0.2, 0) is 7.56 Å². The zero-order valence-corrected chi connectivity index (χ0v) is 17.7. The smallest absolute Gasteiger partial charge is 1.00 e. The molecule has 0 heterocycles. The van der Waals surface area contributed by atoms with Gasteiger partial charge in [-0.05, 0) is 0 Å². The molecule has 0 rings (SSSR count). The number of hydrogen-bond acceptors (Lipinski definition) is 4. The summed E-state index contributed by atoms with van der Waals surface area (Å²) in [5.74, 6) is 0. The van der Waals surface area contributed by atoms with E-state index in [1.54, 1.807) is 0 Å². The molecule has 4 nitrogen and oxygen atoms in total. The Kier molecular flexibility index (Phi) is 87.4. The SMILES string of the molecule is [K+].[O]=[GeH][O-].[O]=[GeH][O-].[Rb+]. The largest absolute Gasteiger partial charge is 1.00 e. The van der Waals surface area contributed by atoms with Crippen molar-refractivity contribution in [2.75, 3.05) is 0 Å². The molecule has 8 heteroatoms. The molecule has 0 bridgehead atoms. The van der Waals surface area contributed by atoms with E-state index in [1.807, 2.05) is 0 Å². The van der Waals surface area contributed by atoms with E-state index in [4.69, 9.17) is 15.8 Å². The zero-order chi connectivity index (χ0) is 5.41. The minimum absolute atomic E-state index is 0. The standard InChI is InChI=1S/2GeHO2.K.Rb/c2*2-1-3;;/h2*1H;;/q2*-1;2*+1. The minimum atomic E-state index is -2.19. The molecule has 0 aliphatic rings. The van der Waals surface area contributed by atoms with Crippen LogP contribution in [0.15, 0.2) is 0 Å². The van der Waals surface area contributed by atoms with Gasteiger partial charge in [0.2, 0.25) is 0 Å². The van der Waals surface area contributed by atoms with Crippen LogP contribution < -0.4 is 118 Å². The minimum Gasteiger partial charge on any atom is 1.00 e. The molecule has 0 fully saturated rings. The monoisotopic (exact) mass is 338 g/mol. The van der Waals surface area contributed by atoms with Gasteiger partial charge in [-0.1, -0.05) is 0 Å². The average Bonchev–Trinajstić information content (AvgIpc) is 1.39. The van der Waals surface area contributed by atoms with Crippen LogP contribution in [0.4, 0.5) is 0 Å². The van der Waals surface area contributed by atoms with Gasteiger partial charge >= 0.3 is 157 Å². The van der Waals surface area contributed by atoms with E-state index in [2.05, 4.69) is 0 Å². The van der Waals surface area contributed by atoms with Crippen LogP contribution in [0.2, 0.25) is 0 Å². The molecule has 0 aliphatic heterocycles. The Hall–Kier alpha value is 3.73. The Morgan fingerprint density at radius 1 is 1.00 bits per heavy atom. The van der Waals surface area contributed by atoms with Crippen molar-refractivity contribution in [3.63, 3.8) is 0 Å². The van der Waals surface area contributed by atoms with Crippen molar-refractivity contribution < 1.29 is 125 Å². The molecule has 36 valence electrons. The number of rotatable bonds is 0. The summed E-state index contributed by atoms with van der Waals surface area (Å²) in [7, 11) is 0. The van der Waals surface area contributed by atoms with Gasteiger partial charge in [-0.2, -0.15) is 0 Å². The van der Waals surface area contributed by atoms with Crippen molar-refractivity contribution >= 4 is 31.4 Å². The summed E-state index contributed by atoms with van der Waals surface area (Å²) in [5, 5.41) is 0. The normalized spacial score (nSPS) is 3.00. The first-order valence-corrected chi connectivity index (χ1v) is 4.90. The second kappa shape index (κ2) is 30.9. The molecule has 0 atom stereocenters. The van der Waals surface area contributed by atoms with Crippen LogP contribution in [0.1, 0.15) is 0 Å². The van der Waals surface area contributed by atoms with E-state index in [0.29, 0.717) is 0 Å². The maximum atomic E-state index is 8.53. The molecule has 0 N–H and O–H groups in total. The number of hydrogen-bond donors (Lipinski definition) is 0. The predicted molar refractivity (Wildman–Crippen MR) is 15.7 cm³/mol. The van der Waals surface area contributed by atoms with E-state index in [-0.39, 0.29) is 110 Å². The summed E-state index contributed by atoms with van der Waals surface area (Å²) < 4.78 is 34.1. The second-order valence-corrected chi connectivity index (χ2v) is 1.00. The van der Waals surface area contributed by atoms with Crippen LogP contribution >= 0.6 is 0 Å². The van der Waals surface area contributed by atoms with Gasteiger partial charge in [-0.25, -0.2) is 0 Å². The van der Waals surface area contributed by atoms with Crippen LogP contribution in [0, 0.1) is 0 Å². The molecule has 0 aromatic heterocycles. The third kappa shape index (κ3) is 53.3. The predicted octanol–water partition coefficient (Wildman–Crippen LogP) is -9.90. The van der Waals surface area contributed by atoms with E-state index in [0.717, 1.165) is 0 Å². The van der Waals surface area contributed by atoms with Crippen molar-refractivity contribution in [3.05, 3.63) is 0 Å². The summed E-state index contributed by atoms with van der Waals surface area (Å²) in [4.78, 5) is 0. The fourth-order valence-corrected chi connectivity index (χ4v) is 0. The third-order valence-corrected chi connectivity index (χ3v) is 0. The van der Waals surface area contributed by atoms with Crippen LogP contribution in [0.25, 0.3) is 0 Å². The van der Waals surface area contributed by atoms with Gasteiger partial charge in [0.15, 0.2) is 0 Å². The third-order valence-electron chi connectivity index (χ3n) is 0. The molecular weight excluding hydrogens is 334 g/mol. The van der Waals surface area contributed by atoms with E-state index < -0.39 is 31.4 Å². The van der Waals surface area contributed by atoms with Crippen molar-refractivity contribution in [1.82, 2.24) is 0 Å². The van der Waals surface area contributed by atoms with Gasteiger partial charge < -0.3 is 0 Å². The van der Waals surface area contributed by atoms with Gasteiger partial charge in [0.25, 0.3) is 0 Å². The summed E-state index contributed by atoms with van der Waals surface area (Å²) in [6, 6.07) is 0. The molecule has 0 unspecified atom stereocenters.